The van der Waals surface area contributed by atoms with Crippen LogP contribution in [0, 0.1) is 5.92 Å². The summed E-state index contributed by atoms with van der Waals surface area (Å²) in [6.07, 6.45) is 2.51. The summed E-state index contributed by atoms with van der Waals surface area (Å²) in [5.41, 5.74) is 1.09. The second-order valence-corrected chi connectivity index (χ2v) is 5.34. The molecular weight excluding hydrogens is 248 g/mol. The molecule has 1 aliphatic carbocycles. The summed E-state index contributed by atoms with van der Waals surface area (Å²) in [6.45, 7) is 3.20. The monoisotopic (exact) mass is 266 g/mol. The minimum absolute atomic E-state index is 0.0655. The van der Waals surface area contributed by atoms with Gasteiger partial charge in [-0.1, -0.05) is 23.7 Å². The maximum absolute atomic E-state index is 11.6. The standard InChI is InChI=1S/C14H19ClN2O/c1-10(12-3-2-4-13(15)7-12)16-9-14(18)17-8-11-5-6-11/h2-4,7,10-11,16H,5-6,8-9H2,1H3,(H,17,18)/t10-/m0/s1. The molecule has 0 radical (unpaired) electrons. The number of hydrogen-bond donors (Lipinski definition) is 2. The van der Waals surface area contributed by atoms with Crippen LogP contribution in [-0.4, -0.2) is 19.0 Å². The highest BCUT2D eigenvalue weighted by atomic mass is 35.5. The number of carbonyl (C=O) groups excluding carboxylic acids is 1. The van der Waals surface area contributed by atoms with Gasteiger partial charge in [0.1, 0.15) is 0 Å². The minimum Gasteiger partial charge on any atom is -0.355 e. The summed E-state index contributed by atoms with van der Waals surface area (Å²) < 4.78 is 0. The lowest BCUT2D eigenvalue weighted by Gasteiger charge is -2.14. The molecule has 0 bridgehead atoms. The summed E-state index contributed by atoms with van der Waals surface area (Å²) in [7, 11) is 0. The van der Waals surface area contributed by atoms with Crippen LogP contribution in [-0.2, 0) is 4.79 Å². The van der Waals surface area contributed by atoms with Gasteiger partial charge in [0.25, 0.3) is 0 Å². The van der Waals surface area contributed by atoms with Crippen LogP contribution < -0.4 is 10.6 Å². The maximum Gasteiger partial charge on any atom is 0.233 e. The molecule has 1 aliphatic rings. The topological polar surface area (TPSA) is 41.1 Å². The van der Waals surface area contributed by atoms with E-state index >= 15 is 0 Å². The van der Waals surface area contributed by atoms with Gasteiger partial charge in [-0.2, -0.15) is 0 Å². The number of rotatable bonds is 6. The number of carbonyl (C=O) groups is 1. The van der Waals surface area contributed by atoms with Crippen molar-refractivity contribution in [1.29, 1.82) is 0 Å². The lowest BCUT2D eigenvalue weighted by atomic mass is 10.1. The van der Waals surface area contributed by atoms with Crippen molar-refractivity contribution >= 4 is 17.5 Å². The summed E-state index contributed by atoms with van der Waals surface area (Å²) in [6, 6.07) is 7.81. The Morgan fingerprint density at radius 1 is 1.50 bits per heavy atom. The summed E-state index contributed by atoms with van der Waals surface area (Å²) in [5, 5.41) is 6.86. The molecule has 0 aliphatic heterocycles. The Morgan fingerprint density at radius 3 is 2.94 bits per heavy atom. The molecule has 98 valence electrons. The van der Waals surface area contributed by atoms with E-state index in [4.69, 9.17) is 11.6 Å². The third-order valence-corrected chi connectivity index (χ3v) is 3.44. The van der Waals surface area contributed by atoms with E-state index in [1.807, 2.05) is 31.2 Å². The van der Waals surface area contributed by atoms with Gasteiger partial charge in [-0.05, 0) is 43.4 Å². The van der Waals surface area contributed by atoms with Crippen LogP contribution >= 0.6 is 11.6 Å². The van der Waals surface area contributed by atoms with Crippen molar-refractivity contribution in [2.75, 3.05) is 13.1 Å². The molecule has 0 heterocycles. The van der Waals surface area contributed by atoms with Crippen molar-refractivity contribution in [3.8, 4) is 0 Å². The van der Waals surface area contributed by atoms with Gasteiger partial charge in [0.05, 0.1) is 6.54 Å². The SMILES string of the molecule is C[C@H](NCC(=O)NCC1CC1)c1cccc(Cl)c1. The van der Waals surface area contributed by atoms with Crippen LogP contribution in [0.3, 0.4) is 0 Å². The zero-order chi connectivity index (χ0) is 13.0. The molecule has 18 heavy (non-hydrogen) atoms. The smallest absolute Gasteiger partial charge is 0.233 e. The normalized spacial score (nSPS) is 16.3. The van der Waals surface area contributed by atoms with Gasteiger partial charge in [0.2, 0.25) is 5.91 Å². The molecule has 4 heteroatoms. The van der Waals surface area contributed by atoms with Crippen molar-refractivity contribution < 1.29 is 4.79 Å². The molecular formula is C14H19ClN2O. The van der Waals surface area contributed by atoms with E-state index in [1.165, 1.54) is 12.8 Å². The number of halogens is 1. The molecule has 1 fully saturated rings. The number of benzene rings is 1. The molecule has 1 atom stereocenters. The zero-order valence-electron chi connectivity index (χ0n) is 10.6. The second kappa shape index (κ2) is 6.21. The first-order valence-corrected chi connectivity index (χ1v) is 6.78. The van der Waals surface area contributed by atoms with Gasteiger partial charge in [0, 0.05) is 17.6 Å². The van der Waals surface area contributed by atoms with E-state index < -0.39 is 0 Å². The Morgan fingerprint density at radius 2 is 2.28 bits per heavy atom. The average Bonchev–Trinajstić information content (AvgIpc) is 3.17. The fourth-order valence-corrected chi connectivity index (χ4v) is 1.98. The van der Waals surface area contributed by atoms with E-state index in [-0.39, 0.29) is 11.9 Å². The predicted molar refractivity (Wildman–Crippen MR) is 73.6 cm³/mol. The van der Waals surface area contributed by atoms with Crippen LogP contribution in [0.4, 0.5) is 0 Å². The fourth-order valence-electron chi connectivity index (χ4n) is 1.78. The highest BCUT2D eigenvalue weighted by Gasteiger charge is 2.21. The quantitative estimate of drug-likeness (QED) is 0.831. The zero-order valence-corrected chi connectivity index (χ0v) is 11.3. The van der Waals surface area contributed by atoms with Gasteiger partial charge >= 0.3 is 0 Å². The van der Waals surface area contributed by atoms with Crippen LogP contribution in [0.25, 0.3) is 0 Å². The summed E-state index contributed by atoms with van der Waals surface area (Å²) in [4.78, 5) is 11.6. The Hall–Kier alpha value is -1.06. The number of amides is 1. The largest absolute Gasteiger partial charge is 0.355 e. The van der Waals surface area contributed by atoms with Crippen molar-refractivity contribution in [2.45, 2.75) is 25.8 Å². The van der Waals surface area contributed by atoms with Gasteiger partial charge in [0.15, 0.2) is 0 Å². The van der Waals surface area contributed by atoms with Gasteiger partial charge < -0.3 is 10.6 Å². The van der Waals surface area contributed by atoms with Gasteiger partial charge in [-0.3, -0.25) is 4.79 Å². The molecule has 1 amide bonds. The predicted octanol–water partition coefficient (Wildman–Crippen LogP) is 2.52. The first-order chi connectivity index (χ1) is 8.65. The highest BCUT2D eigenvalue weighted by molar-refractivity contribution is 6.30. The van der Waals surface area contributed by atoms with Crippen LogP contribution in [0.5, 0.6) is 0 Å². The molecule has 2 N–H and O–H groups in total. The van der Waals surface area contributed by atoms with Gasteiger partial charge in [-0.15, -0.1) is 0 Å². The van der Waals surface area contributed by atoms with E-state index in [9.17, 15) is 4.79 Å². The molecule has 0 unspecified atom stereocenters. The van der Waals surface area contributed by atoms with Crippen molar-refractivity contribution in [3.63, 3.8) is 0 Å². The minimum atomic E-state index is 0.0655. The van der Waals surface area contributed by atoms with E-state index in [0.717, 1.165) is 23.0 Å². The third-order valence-electron chi connectivity index (χ3n) is 3.20. The Labute approximate surface area is 113 Å². The fraction of sp³-hybridized carbons (Fsp3) is 0.500. The molecule has 3 nitrogen and oxygen atoms in total. The maximum atomic E-state index is 11.6. The molecule has 2 rings (SSSR count). The van der Waals surface area contributed by atoms with Gasteiger partial charge in [-0.25, -0.2) is 0 Å². The Bertz CT molecular complexity index is 418. The first kappa shape index (κ1) is 13.4. The van der Waals surface area contributed by atoms with Crippen LogP contribution in [0.1, 0.15) is 31.4 Å². The molecule has 1 aromatic carbocycles. The van der Waals surface area contributed by atoms with E-state index in [1.54, 1.807) is 0 Å². The van der Waals surface area contributed by atoms with Crippen LogP contribution in [0.15, 0.2) is 24.3 Å². The lowest BCUT2D eigenvalue weighted by Crippen LogP contribution is -2.36. The molecule has 0 spiro atoms. The molecule has 0 aromatic heterocycles. The van der Waals surface area contributed by atoms with Crippen molar-refractivity contribution in [1.82, 2.24) is 10.6 Å². The number of hydrogen-bond acceptors (Lipinski definition) is 2. The summed E-state index contributed by atoms with van der Waals surface area (Å²) in [5.74, 6) is 0.787. The van der Waals surface area contributed by atoms with Crippen molar-refractivity contribution in [3.05, 3.63) is 34.9 Å². The summed E-state index contributed by atoms with van der Waals surface area (Å²) >= 11 is 5.94. The van der Waals surface area contributed by atoms with E-state index in [0.29, 0.717) is 6.54 Å². The molecule has 1 saturated carbocycles. The molecule has 1 aromatic rings. The average molecular weight is 267 g/mol. The number of nitrogens with one attached hydrogen (secondary N) is 2. The van der Waals surface area contributed by atoms with E-state index in [2.05, 4.69) is 10.6 Å². The highest BCUT2D eigenvalue weighted by Crippen LogP contribution is 2.27. The van der Waals surface area contributed by atoms with Crippen molar-refractivity contribution in [2.24, 2.45) is 5.92 Å². The lowest BCUT2D eigenvalue weighted by molar-refractivity contribution is -0.120. The Kier molecular flexibility index (Phi) is 4.61. The van der Waals surface area contributed by atoms with Crippen LogP contribution in [0.2, 0.25) is 5.02 Å². The second-order valence-electron chi connectivity index (χ2n) is 4.91. The molecule has 0 saturated heterocycles. The first-order valence-electron chi connectivity index (χ1n) is 6.40. The Balaban J connectivity index is 1.73. The third kappa shape index (κ3) is 4.31.